The molecule has 0 aliphatic carbocycles. The summed E-state index contributed by atoms with van der Waals surface area (Å²) in [5.74, 6) is -2.49. The van der Waals surface area contributed by atoms with Crippen molar-refractivity contribution in [3.05, 3.63) is 65.7 Å². The number of benzene rings is 2. The first kappa shape index (κ1) is 23.9. The Morgan fingerprint density at radius 2 is 1.42 bits per heavy atom. The van der Waals surface area contributed by atoms with Gasteiger partial charge in [0.25, 0.3) is 5.72 Å². The molecule has 1 unspecified atom stereocenters. The second-order valence-corrected chi connectivity index (χ2v) is 6.91. The zero-order valence-corrected chi connectivity index (χ0v) is 18.8. The van der Waals surface area contributed by atoms with Gasteiger partial charge in [-0.15, -0.1) is 0 Å². The van der Waals surface area contributed by atoms with Crippen LogP contribution in [-0.2, 0) is 39.1 Å². The molecule has 0 radical (unpaired) electrons. The highest BCUT2D eigenvalue weighted by Crippen LogP contribution is 2.44. The second kappa shape index (κ2) is 9.83. The topological polar surface area (TPSA) is 110 Å². The van der Waals surface area contributed by atoms with Crippen LogP contribution in [0.4, 0.5) is 0 Å². The van der Waals surface area contributed by atoms with E-state index in [2.05, 4.69) is 4.99 Å². The van der Waals surface area contributed by atoms with Gasteiger partial charge in [-0.3, -0.25) is 0 Å². The van der Waals surface area contributed by atoms with Crippen LogP contribution < -0.4 is 4.74 Å². The summed E-state index contributed by atoms with van der Waals surface area (Å²) >= 11 is 0. The molecular weight excluding hydrogens is 430 g/mol. The van der Waals surface area contributed by atoms with Gasteiger partial charge >= 0.3 is 23.5 Å². The van der Waals surface area contributed by atoms with Gasteiger partial charge in [-0.2, -0.15) is 0 Å². The maximum Gasteiger partial charge on any atom is 0.366 e. The number of carbonyl (C=O) groups is 3. The van der Waals surface area contributed by atoms with Gasteiger partial charge in [-0.05, 0) is 38.1 Å². The van der Waals surface area contributed by atoms with Gasteiger partial charge in [0, 0.05) is 11.1 Å². The average Bonchev–Trinajstić information content (AvgIpc) is 3.23. The highest BCUT2D eigenvalue weighted by atomic mass is 16.7. The van der Waals surface area contributed by atoms with Gasteiger partial charge < -0.3 is 23.7 Å². The van der Waals surface area contributed by atoms with Crippen LogP contribution in [0, 0.1) is 0 Å². The third-order valence-corrected chi connectivity index (χ3v) is 5.02. The van der Waals surface area contributed by atoms with Gasteiger partial charge in [0.1, 0.15) is 11.5 Å². The van der Waals surface area contributed by atoms with Gasteiger partial charge in [0.2, 0.25) is 0 Å². The van der Waals surface area contributed by atoms with Crippen molar-refractivity contribution >= 4 is 23.6 Å². The van der Waals surface area contributed by atoms with E-state index in [1.54, 1.807) is 68.4 Å². The molecule has 9 nitrogen and oxygen atoms in total. The van der Waals surface area contributed by atoms with Crippen LogP contribution in [0.3, 0.4) is 0 Å². The molecular formula is C24H25NO8. The van der Waals surface area contributed by atoms with Crippen LogP contribution in [0.5, 0.6) is 5.75 Å². The summed E-state index contributed by atoms with van der Waals surface area (Å²) < 4.78 is 26.7. The average molecular weight is 455 g/mol. The normalized spacial score (nSPS) is 18.7. The van der Waals surface area contributed by atoms with Crippen LogP contribution in [-0.4, -0.2) is 56.7 Å². The van der Waals surface area contributed by atoms with E-state index in [4.69, 9.17) is 23.7 Å². The largest absolute Gasteiger partial charge is 0.497 e. The summed E-state index contributed by atoms with van der Waals surface area (Å²) in [6.45, 7) is 3.08. The van der Waals surface area contributed by atoms with Crippen LogP contribution in [0.25, 0.3) is 0 Å². The minimum absolute atomic E-state index is 0.0458. The van der Waals surface area contributed by atoms with Crippen LogP contribution in [0.2, 0.25) is 0 Å². The number of esters is 3. The predicted molar refractivity (Wildman–Crippen MR) is 117 cm³/mol. The van der Waals surface area contributed by atoms with E-state index in [9.17, 15) is 14.4 Å². The number of rotatable bonds is 8. The molecule has 0 saturated carbocycles. The lowest BCUT2D eigenvalue weighted by molar-refractivity contribution is -0.201. The lowest BCUT2D eigenvalue weighted by Crippen LogP contribution is -2.57. The Morgan fingerprint density at radius 3 is 1.91 bits per heavy atom. The molecule has 1 aliphatic rings. The molecule has 9 heteroatoms. The molecule has 0 fully saturated rings. The quantitative estimate of drug-likeness (QED) is 0.339. The number of aliphatic imine (C=N–C) groups is 1. The maximum absolute atomic E-state index is 13.3. The second-order valence-electron chi connectivity index (χ2n) is 6.91. The minimum Gasteiger partial charge on any atom is -0.497 e. The number of nitrogens with zero attached hydrogens (tertiary/aromatic N) is 1. The Morgan fingerprint density at radius 1 is 0.848 bits per heavy atom. The van der Waals surface area contributed by atoms with E-state index < -0.39 is 29.2 Å². The summed E-state index contributed by atoms with van der Waals surface area (Å²) in [5, 5.41) is 0. The molecule has 3 rings (SSSR count). The fourth-order valence-corrected chi connectivity index (χ4v) is 3.50. The molecule has 174 valence electrons. The van der Waals surface area contributed by atoms with Gasteiger partial charge in [-0.25, -0.2) is 19.4 Å². The third-order valence-electron chi connectivity index (χ3n) is 5.02. The molecule has 1 atom stereocenters. The smallest absolute Gasteiger partial charge is 0.366 e. The molecule has 1 heterocycles. The first-order valence-corrected chi connectivity index (χ1v) is 10.3. The summed E-state index contributed by atoms with van der Waals surface area (Å²) in [6, 6.07) is 14.7. The zero-order chi connectivity index (χ0) is 24.1. The minimum atomic E-state index is -2.47. The number of hydrogen-bond acceptors (Lipinski definition) is 9. The molecule has 0 aromatic heterocycles. The highest BCUT2D eigenvalue weighted by Gasteiger charge is 2.67. The molecule has 0 bridgehead atoms. The van der Waals surface area contributed by atoms with Crippen LogP contribution in [0.15, 0.2) is 59.6 Å². The van der Waals surface area contributed by atoms with Gasteiger partial charge in [-0.1, -0.05) is 30.3 Å². The van der Waals surface area contributed by atoms with E-state index in [-0.39, 0.29) is 24.5 Å². The fourth-order valence-electron chi connectivity index (χ4n) is 3.50. The van der Waals surface area contributed by atoms with Crippen molar-refractivity contribution in [2.75, 3.05) is 27.4 Å². The first-order chi connectivity index (χ1) is 15.9. The Balaban J connectivity index is 2.35. The van der Waals surface area contributed by atoms with Crippen molar-refractivity contribution in [1.82, 2.24) is 0 Å². The first-order valence-electron chi connectivity index (χ1n) is 10.3. The Kier molecular flexibility index (Phi) is 7.13. The summed E-state index contributed by atoms with van der Waals surface area (Å²) in [6.07, 6.45) is 0. The van der Waals surface area contributed by atoms with Gasteiger partial charge in [0.05, 0.1) is 27.4 Å². The summed E-state index contributed by atoms with van der Waals surface area (Å²) in [4.78, 5) is 44.2. The monoisotopic (exact) mass is 455 g/mol. The van der Waals surface area contributed by atoms with Crippen LogP contribution >= 0.6 is 0 Å². The standard InChI is InChI=1S/C24H25NO8/c1-5-31-20(26)23(21(27)32-6-2)19(16-12-14-18(29-3)15-13-16)25-24(33-23,22(28)30-4)17-10-8-7-9-11-17/h7-15H,5-6H2,1-4H3. The molecule has 2 aromatic carbocycles. The molecule has 2 aromatic rings. The van der Waals surface area contributed by atoms with Crippen molar-refractivity contribution in [1.29, 1.82) is 0 Å². The number of methoxy groups -OCH3 is 2. The fraction of sp³-hybridized carbons (Fsp3) is 0.333. The number of carbonyl (C=O) groups excluding carboxylic acids is 3. The van der Waals surface area contributed by atoms with Crippen molar-refractivity contribution in [3.63, 3.8) is 0 Å². The molecule has 1 aliphatic heterocycles. The summed E-state index contributed by atoms with van der Waals surface area (Å²) in [7, 11) is 2.66. The van der Waals surface area contributed by atoms with E-state index in [1.165, 1.54) is 7.11 Å². The van der Waals surface area contributed by atoms with Crippen LogP contribution in [0.1, 0.15) is 25.0 Å². The molecule has 0 spiro atoms. The van der Waals surface area contributed by atoms with Crippen molar-refractivity contribution in [2.24, 2.45) is 4.99 Å². The SMILES string of the molecule is CCOC(=O)C1(C(=O)OCC)OC(C(=O)OC)(c2ccccc2)N=C1c1ccc(OC)cc1. The van der Waals surface area contributed by atoms with Crippen molar-refractivity contribution < 1.29 is 38.1 Å². The Bertz CT molecular complexity index is 1030. The molecule has 0 N–H and O–H groups in total. The number of ether oxygens (including phenoxy) is 5. The van der Waals surface area contributed by atoms with Crippen molar-refractivity contribution in [2.45, 2.75) is 25.2 Å². The lowest BCUT2D eigenvalue weighted by atomic mass is 9.92. The van der Waals surface area contributed by atoms with E-state index in [1.807, 2.05) is 0 Å². The van der Waals surface area contributed by atoms with Crippen molar-refractivity contribution in [3.8, 4) is 5.75 Å². The van der Waals surface area contributed by atoms with E-state index in [0.29, 0.717) is 11.3 Å². The Hall–Kier alpha value is -3.72. The van der Waals surface area contributed by atoms with E-state index in [0.717, 1.165) is 7.11 Å². The molecule has 33 heavy (non-hydrogen) atoms. The van der Waals surface area contributed by atoms with Gasteiger partial charge in [0.15, 0.2) is 0 Å². The summed E-state index contributed by atoms with van der Waals surface area (Å²) in [5.41, 5.74) is -4.16. The Labute approximate surface area is 191 Å². The predicted octanol–water partition coefficient (Wildman–Crippen LogP) is 2.41. The maximum atomic E-state index is 13.3. The van der Waals surface area contributed by atoms with E-state index >= 15 is 0 Å². The molecule has 0 saturated heterocycles. The lowest BCUT2D eigenvalue weighted by Gasteiger charge is -2.30. The third kappa shape index (κ3) is 4.07. The number of hydrogen-bond donors (Lipinski definition) is 0. The zero-order valence-electron chi connectivity index (χ0n) is 18.8. The molecule has 0 amide bonds. The highest BCUT2D eigenvalue weighted by molar-refractivity contribution is 6.32.